The van der Waals surface area contributed by atoms with Crippen molar-refractivity contribution in [2.45, 2.75) is 12.2 Å². The minimum atomic E-state index is -2.27. The molecule has 0 amide bonds. The summed E-state index contributed by atoms with van der Waals surface area (Å²) in [7, 11) is 0. The fraction of sp³-hybridized carbons (Fsp3) is 0.500. The number of aliphatic hydroxyl groups is 2. The number of aliphatic hydroxyl groups excluding tert-OH is 2. The van der Waals surface area contributed by atoms with E-state index in [1.54, 1.807) is 0 Å². The van der Waals surface area contributed by atoms with Gasteiger partial charge in [-0.2, -0.15) is 0 Å². The van der Waals surface area contributed by atoms with Gasteiger partial charge in [-0.25, -0.2) is 9.59 Å². The van der Waals surface area contributed by atoms with E-state index in [0.29, 0.717) is 0 Å². The molecule has 0 aromatic rings. The summed E-state index contributed by atoms with van der Waals surface area (Å²) in [5, 5.41) is 32.5. The van der Waals surface area contributed by atoms with Gasteiger partial charge in [-0.3, -0.25) is 0 Å². The molecule has 0 fully saturated rings. The standard InChI is InChI=1S/C4H6O6.Sr/c5-1(3(7)8)2(6)4(9)10;/h1-2,5-6H,(H,7,8)(H,9,10);. The Labute approximate surface area is 98.7 Å². The molecular weight excluding hydrogens is 232 g/mol. The number of hydrogen-bond donors (Lipinski definition) is 4. The van der Waals surface area contributed by atoms with Gasteiger partial charge in [0.2, 0.25) is 0 Å². The topological polar surface area (TPSA) is 115 Å². The third-order valence-corrected chi connectivity index (χ3v) is 0.805. The second kappa shape index (κ2) is 5.92. The minimum Gasteiger partial charge on any atom is -0.479 e. The average Bonchev–Trinajstić information content (AvgIpc) is 1.84. The van der Waals surface area contributed by atoms with Crippen LogP contribution in [0.4, 0.5) is 0 Å². The molecule has 11 heavy (non-hydrogen) atoms. The molecule has 0 spiro atoms. The van der Waals surface area contributed by atoms with Crippen molar-refractivity contribution in [2.24, 2.45) is 0 Å². The van der Waals surface area contributed by atoms with Crippen molar-refractivity contribution in [1.82, 2.24) is 0 Å². The van der Waals surface area contributed by atoms with Gasteiger partial charge in [-0.1, -0.05) is 0 Å². The fourth-order valence-corrected chi connectivity index (χ4v) is 0.270. The molecule has 6 nitrogen and oxygen atoms in total. The van der Waals surface area contributed by atoms with E-state index >= 15 is 0 Å². The molecule has 0 aliphatic rings. The van der Waals surface area contributed by atoms with Crippen LogP contribution in [0.5, 0.6) is 0 Å². The smallest absolute Gasteiger partial charge is 0.335 e. The van der Waals surface area contributed by atoms with E-state index in [1.165, 1.54) is 0 Å². The summed E-state index contributed by atoms with van der Waals surface area (Å²) in [5.74, 6) is -3.54. The Morgan fingerprint density at radius 2 is 1.09 bits per heavy atom. The fourth-order valence-electron chi connectivity index (χ4n) is 0.270. The van der Waals surface area contributed by atoms with Gasteiger partial charge in [0.25, 0.3) is 0 Å². The molecule has 60 valence electrons. The summed E-state index contributed by atoms with van der Waals surface area (Å²) >= 11 is 0. The van der Waals surface area contributed by atoms with Crippen LogP contribution in [0.25, 0.3) is 0 Å². The number of carboxylic acids is 2. The molecule has 0 aromatic carbocycles. The Kier molecular flexibility index (Phi) is 7.49. The van der Waals surface area contributed by atoms with E-state index in [4.69, 9.17) is 20.4 Å². The Hall–Kier alpha value is 0.341. The second-order valence-electron chi connectivity index (χ2n) is 1.57. The normalized spacial score (nSPS) is 14.4. The van der Waals surface area contributed by atoms with Crippen LogP contribution in [0.3, 0.4) is 0 Å². The maximum atomic E-state index is 9.77. The van der Waals surface area contributed by atoms with Gasteiger partial charge >= 0.3 is 11.9 Å². The van der Waals surface area contributed by atoms with Crippen LogP contribution in [0.2, 0.25) is 0 Å². The van der Waals surface area contributed by atoms with Crippen LogP contribution in [0, 0.1) is 0 Å². The van der Waals surface area contributed by atoms with E-state index in [1.807, 2.05) is 0 Å². The molecule has 0 saturated carbocycles. The molecule has 4 N–H and O–H groups in total. The van der Waals surface area contributed by atoms with Crippen molar-refractivity contribution >= 4 is 57.4 Å². The van der Waals surface area contributed by atoms with Crippen molar-refractivity contribution in [3.05, 3.63) is 0 Å². The maximum absolute atomic E-state index is 9.77. The van der Waals surface area contributed by atoms with Crippen LogP contribution >= 0.6 is 0 Å². The van der Waals surface area contributed by atoms with Crippen LogP contribution < -0.4 is 0 Å². The van der Waals surface area contributed by atoms with E-state index < -0.39 is 24.1 Å². The molecule has 2 radical (unpaired) electrons. The summed E-state index contributed by atoms with van der Waals surface area (Å²) < 4.78 is 0. The Balaban J connectivity index is 0. The van der Waals surface area contributed by atoms with Crippen molar-refractivity contribution in [2.75, 3.05) is 0 Å². The van der Waals surface area contributed by atoms with Gasteiger partial charge in [0.15, 0.2) is 12.2 Å². The SMILES string of the molecule is O=C(O)C(O)C(O)C(=O)O.[Sr]. The molecule has 7 heteroatoms. The van der Waals surface area contributed by atoms with Gasteiger partial charge in [-0.15, -0.1) is 0 Å². The van der Waals surface area contributed by atoms with Crippen LogP contribution in [0.1, 0.15) is 0 Å². The predicted molar refractivity (Wildman–Crippen MR) is 33.0 cm³/mol. The number of carbonyl (C=O) groups is 2. The quantitative estimate of drug-likeness (QED) is 0.404. The predicted octanol–water partition coefficient (Wildman–Crippen LogP) is -2.50. The number of carboxylic acid groups (broad SMARTS) is 2. The minimum absolute atomic E-state index is 0. The monoisotopic (exact) mass is 238 g/mol. The maximum Gasteiger partial charge on any atom is 0.335 e. The first-order valence-electron chi connectivity index (χ1n) is 2.28. The summed E-state index contributed by atoms with van der Waals surface area (Å²) in [5.41, 5.74) is 0. The average molecular weight is 238 g/mol. The van der Waals surface area contributed by atoms with Crippen LogP contribution in [-0.2, 0) is 9.59 Å². The Morgan fingerprint density at radius 1 is 0.909 bits per heavy atom. The summed E-state index contributed by atoms with van der Waals surface area (Å²) in [6.45, 7) is 0. The van der Waals surface area contributed by atoms with E-state index in [2.05, 4.69) is 0 Å². The molecule has 0 heterocycles. The zero-order chi connectivity index (χ0) is 8.31. The first kappa shape index (κ1) is 13.9. The molecule has 2 atom stereocenters. The molecule has 2 unspecified atom stereocenters. The zero-order valence-corrected chi connectivity index (χ0v) is 8.94. The first-order chi connectivity index (χ1) is 4.46. The third-order valence-electron chi connectivity index (χ3n) is 0.805. The molecule has 0 aliphatic heterocycles. The van der Waals surface area contributed by atoms with Crippen molar-refractivity contribution in [3.63, 3.8) is 0 Å². The van der Waals surface area contributed by atoms with E-state index in [9.17, 15) is 9.59 Å². The molecular formula is C4H6O6Sr. The number of rotatable bonds is 3. The van der Waals surface area contributed by atoms with Gasteiger partial charge in [0.05, 0.1) is 0 Å². The van der Waals surface area contributed by atoms with Crippen LogP contribution in [0.15, 0.2) is 0 Å². The van der Waals surface area contributed by atoms with Gasteiger partial charge in [0.1, 0.15) is 0 Å². The molecule has 0 aromatic heterocycles. The van der Waals surface area contributed by atoms with E-state index in [0.717, 1.165) is 0 Å². The Bertz CT molecular complexity index is 139. The molecule has 0 aliphatic carbocycles. The van der Waals surface area contributed by atoms with E-state index in [-0.39, 0.29) is 45.5 Å². The molecule has 0 bridgehead atoms. The molecule has 0 rings (SSSR count). The third kappa shape index (κ3) is 4.72. The number of hydrogen-bond acceptors (Lipinski definition) is 4. The summed E-state index contributed by atoms with van der Waals surface area (Å²) in [4.78, 5) is 19.5. The largest absolute Gasteiger partial charge is 0.479 e. The second-order valence-corrected chi connectivity index (χ2v) is 1.57. The first-order valence-corrected chi connectivity index (χ1v) is 2.28. The van der Waals surface area contributed by atoms with Crippen molar-refractivity contribution in [3.8, 4) is 0 Å². The summed E-state index contributed by atoms with van der Waals surface area (Å²) in [6.07, 6.45) is -4.53. The van der Waals surface area contributed by atoms with Gasteiger partial charge in [0, 0.05) is 45.5 Å². The number of aliphatic carboxylic acids is 2. The zero-order valence-electron chi connectivity index (χ0n) is 5.47. The van der Waals surface area contributed by atoms with Crippen molar-refractivity contribution in [1.29, 1.82) is 0 Å². The Morgan fingerprint density at radius 3 is 1.18 bits per heavy atom. The van der Waals surface area contributed by atoms with Crippen LogP contribution in [-0.4, -0.2) is 90.1 Å². The van der Waals surface area contributed by atoms with Gasteiger partial charge in [-0.05, 0) is 0 Å². The molecule has 0 saturated heterocycles. The van der Waals surface area contributed by atoms with Crippen molar-refractivity contribution < 1.29 is 30.0 Å². The summed E-state index contributed by atoms with van der Waals surface area (Å²) in [6, 6.07) is 0. The van der Waals surface area contributed by atoms with Gasteiger partial charge < -0.3 is 20.4 Å².